The highest BCUT2D eigenvalue weighted by molar-refractivity contribution is 6.30. The van der Waals surface area contributed by atoms with Gasteiger partial charge in [0, 0.05) is 6.04 Å². The Bertz CT molecular complexity index is 641. The summed E-state index contributed by atoms with van der Waals surface area (Å²) in [6, 6.07) is 14.1. The van der Waals surface area contributed by atoms with Crippen molar-refractivity contribution in [3.63, 3.8) is 0 Å². The van der Waals surface area contributed by atoms with Crippen LogP contribution >= 0.6 is 11.6 Å². The Morgan fingerprint density at radius 3 is 2.81 bits per heavy atom. The molecule has 0 bridgehead atoms. The minimum atomic E-state index is -0.327. The lowest BCUT2D eigenvalue weighted by atomic mass is 9.77. The van der Waals surface area contributed by atoms with E-state index in [2.05, 4.69) is 29.6 Å². The zero-order valence-electron chi connectivity index (χ0n) is 12.1. The van der Waals surface area contributed by atoms with Gasteiger partial charge in [-0.05, 0) is 61.1 Å². The molecule has 1 aliphatic rings. The number of benzene rings is 2. The number of nitrogens with one attached hydrogen (secondary N) is 1. The van der Waals surface area contributed by atoms with E-state index in [0.717, 1.165) is 24.8 Å². The van der Waals surface area contributed by atoms with Gasteiger partial charge in [-0.3, -0.25) is 0 Å². The summed E-state index contributed by atoms with van der Waals surface area (Å²) in [5.74, 6) is 0.150. The van der Waals surface area contributed by atoms with E-state index in [9.17, 15) is 4.39 Å². The maximum Gasteiger partial charge on any atom is 0.142 e. The molecule has 0 radical (unpaired) electrons. The van der Waals surface area contributed by atoms with E-state index < -0.39 is 0 Å². The van der Waals surface area contributed by atoms with Gasteiger partial charge in [-0.1, -0.05) is 41.9 Å². The lowest BCUT2D eigenvalue weighted by Gasteiger charge is -2.33. The lowest BCUT2D eigenvalue weighted by molar-refractivity contribution is 0.334. The van der Waals surface area contributed by atoms with E-state index in [0.29, 0.717) is 12.0 Å². The van der Waals surface area contributed by atoms with Crippen LogP contribution in [0.25, 0.3) is 0 Å². The summed E-state index contributed by atoms with van der Waals surface area (Å²) in [6.45, 7) is 0. The van der Waals surface area contributed by atoms with Crippen molar-refractivity contribution in [3.8, 4) is 0 Å². The van der Waals surface area contributed by atoms with Gasteiger partial charge < -0.3 is 5.32 Å². The molecule has 0 heterocycles. The van der Waals surface area contributed by atoms with Gasteiger partial charge in [-0.15, -0.1) is 0 Å². The quantitative estimate of drug-likeness (QED) is 0.877. The van der Waals surface area contributed by atoms with Crippen LogP contribution in [0.2, 0.25) is 5.02 Å². The van der Waals surface area contributed by atoms with Gasteiger partial charge >= 0.3 is 0 Å². The van der Waals surface area contributed by atoms with Crippen LogP contribution in [0.15, 0.2) is 42.5 Å². The topological polar surface area (TPSA) is 12.0 Å². The zero-order chi connectivity index (χ0) is 14.8. The van der Waals surface area contributed by atoms with E-state index >= 15 is 0 Å². The SMILES string of the molecule is CNC1c2ccccc2CCC1Cc1ccc(Cl)c(F)c1. The molecule has 0 amide bonds. The van der Waals surface area contributed by atoms with Crippen LogP contribution in [0.4, 0.5) is 4.39 Å². The molecule has 0 saturated heterocycles. The number of hydrogen-bond acceptors (Lipinski definition) is 1. The van der Waals surface area contributed by atoms with Gasteiger partial charge in [-0.25, -0.2) is 4.39 Å². The predicted octanol–water partition coefficient (Wildman–Crippen LogP) is 4.54. The lowest BCUT2D eigenvalue weighted by Crippen LogP contribution is -2.31. The molecule has 2 aromatic rings. The van der Waals surface area contributed by atoms with Crippen molar-refractivity contribution in [2.75, 3.05) is 7.05 Å². The summed E-state index contributed by atoms with van der Waals surface area (Å²) >= 11 is 5.76. The normalized spacial score (nSPS) is 21.1. The molecule has 1 nitrogen and oxygen atoms in total. The summed E-state index contributed by atoms with van der Waals surface area (Å²) in [5, 5.41) is 3.63. The molecule has 0 aromatic heterocycles. The second kappa shape index (κ2) is 6.17. The molecule has 1 aliphatic carbocycles. The maximum absolute atomic E-state index is 13.6. The Labute approximate surface area is 130 Å². The average molecular weight is 304 g/mol. The summed E-state index contributed by atoms with van der Waals surface area (Å²) < 4.78 is 13.6. The molecule has 0 spiro atoms. The third kappa shape index (κ3) is 2.97. The maximum atomic E-state index is 13.6. The minimum Gasteiger partial charge on any atom is -0.313 e. The molecule has 2 atom stereocenters. The number of rotatable bonds is 3. The Balaban J connectivity index is 1.84. The van der Waals surface area contributed by atoms with Crippen molar-refractivity contribution in [3.05, 3.63) is 70.0 Å². The number of hydrogen-bond donors (Lipinski definition) is 1. The Morgan fingerprint density at radius 1 is 1.24 bits per heavy atom. The van der Waals surface area contributed by atoms with Crippen LogP contribution in [0.3, 0.4) is 0 Å². The highest BCUT2D eigenvalue weighted by Gasteiger charge is 2.28. The van der Waals surface area contributed by atoms with E-state index in [1.807, 2.05) is 13.1 Å². The molecule has 3 rings (SSSR count). The minimum absolute atomic E-state index is 0.193. The van der Waals surface area contributed by atoms with Crippen molar-refractivity contribution in [2.24, 2.45) is 5.92 Å². The van der Waals surface area contributed by atoms with E-state index in [4.69, 9.17) is 11.6 Å². The first kappa shape index (κ1) is 14.6. The average Bonchev–Trinajstić information content (AvgIpc) is 2.51. The van der Waals surface area contributed by atoms with Crippen LogP contribution < -0.4 is 5.32 Å². The highest BCUT2D eigenvalue weighted by atomic mass is 35.5. The van der Waals surface area contributed by atoms with Gasteiger partial charge in [0.05, 0.1) is 5.02 Å². The fourth-order valence-electron chi connectivity index (χ4n) is 3.41. The smallest absolute Gasteiger partial charge is 0.142 e. The fraction of sp³-hybridized carbons (Fsp3) is 0.333. The van der Waals surface area contributed by atoms with Crippen LogP contribution in [0.1, 0.15) is 29.2 Å². The summed E-state index contributed by atoms with van der Waals surface area (Å²) in [5.41, 5.74) is 3.82. The third-order valence-electron chi connectivity index (χ3n) is 4.44. The number of aryl methyl sites for hydroxylation is 1. The second-order valence-corrected chi connectivity index (χ2v) is 6.12. The van der Waals surface area contributed by atoms with Crippen molar-refractivity contribution in [1.82, 2.24) is 5.32 Å². The molecule has 21 heavy (non-hydrogen) atoms. The first-order chi connectivity index (χ1) is 10.2. The van der Waals surface area contributed by atoms with Crippen LogP contribution in [-0.2, 0) is 12.8 Å². The molecule has 2 aromatic carbocycles. The standard InChI is InChI=1S/C18H19ClFN/c1-21-18-14(8-7-13-4-2-3-5-15(13)18)10-12-6-9-16(19)17(20)11-12/h2-6,9,11,14,18,21H,7-8,10H2,1H3. The van der Waals surface area contributed by atoms with Crippen LogP contribution in [-0.4, -0.2) is 7.05 Å². The second-order valence-electron chi connectivity index (χ2n) is 5.72. The Morgan fingerprint density at radius 2 is 2.05 bits per heavy atom. The zero-order valence-corrected chi connectivity index (χ0v) is 12.8. The monoisotopic (exact) mass is 303 g/mol. The Hall–Kier alpha value is -1.38. The van der Waals surface area contributed by atoms with Crippen molar-refractivity contribution in [2.45, 2.75) is 25.3 Å². The fourth-order valence-corrected chi connectivity index (χ4v) is 3.52. The van der Waals surface area contributed by atoms with Gasteiger partial charge in [0.25, 0.3) is 0 Å². The van der Waals surface area contributed by atoms with Crippen molar-refractivity contribution in [1.29, 1.82) is 0 Å². The largest absolute Gasteiger partial charge is 0.313 e. The first-order valence-electron chi connectivity index (χ1n) is 7.38. The number of fused-ring (bicyclic) bond motifs is 1. The van der Waals surface area contributed by atoms with Crippen molar-refractivity contribution < 1.29 is 4.39 Å². The third-order valence-corrected chi connectivity index (χ3v) is 4.75. The van der Waals surface area contributed by atoms with Gasteiger partial charge in [0.1, 0.15) is 5.82 Å². The highest BCUT2D eigenvalue weighted by Crippen LogP contribution is 2.36. The molecule has 0 saturated carbocycles. The van der Waals surface area contributed by atoms with Gasteiger partial charge in [0.15, 0.2) is 0 Å². The van der Waals surface area contributed by atoms with Crippen LogP contribution in [0, 0.1) is 11.7 Å². The molecular weight excluding hydrogens is 285 g/mol. The Kier molecular flexibility index (Phi) is 4.27. The van der Waals surface area contributed by atoms with E-state index in [-0.39, 0.29) is 10.8 Å². The number of halogens is 2. The molecule has 0 aliphatic heterocycles. The molecule has 110 valence electrons. The summed E-state index contributed by atoms with van der Waals surface area (Å²) in [4.78, 5) is 0. The molecule has 3 heteroatoms. The van der Waals surface area contributed by atoms with Gasteiger partial charge in [0.2, 0.25) is 0 Å². The van der Waals surface area contributed by atoms with Crippen LogP contribution in [0.5, 0.6) is 0 Å². The summed E-state index contributed by atoms with van der Waals surface area (Å²) in [7, 11) is 2.00. The van der Waals surface area contributed by atoms with Gasteiger partial charge in [-0.2, -0.15) is 0 Å². The van der Waals surface area contributed by atoms with E-state index in [1.165, 1.54) is 11.1 Å². The van der Waals surface area contributed by atoms with Crippen molar-refractivity contribution >= 4 is 11.6 Å². The molecule has 0 fully saturated rings. The summed E-state index contributed by atoms with van der Waals surface area (Å²) in [6.07, 6.45) is 3.08. The molecular formula is C18H19ClFN. The first-order valence-corrected chi connectivity index (χ1v) is 7.76. The molecule has 2 unspecified atom stereocenters. The van der Waals surface area contributed by atoms with E-state index in [1.54, 1.807) is 12.1 Å². The molecule has 1 N–H and O–H groups in total. The predicted molar refractivity (Wildman–Crippen MR) is 85.2 cm³/mol.